The predicted molar refractivity (Wildman–Crippen MR) is 110 cm³/mol. The van der Waals surface area contributed by atoms with Gasteiger partial charge in [-0.3, -0.25) is 9.59 Å². The Morgan fingerprint density at radius 2 is 1.75 bits per heavy atom. The van der Waals surface area contributed by atoms with Crippen LogP contribution >= 0.6 is 0 Å². The highest BCUT2D eigenvalue weighted by molar-refractivity contribution is 5.95. The molecule has 154 valence electrons. The van der Waals surface area contributed by atoms with Crippen molar-refractivity contribution in [2.24, 2.45) is 0 Å². The number of aryl methyl sites for hydroxylation is 1. The summed E-state index contributed by atoms with van der Waals surface area (Å²) < 4.78 is 0. The normalized spacial score (nSPS) is 15.4. The van der Waals surface area contributed by atoms with E-state index >= 15 is 0 Å². The lowest BCUT2D eigenvalue weighted by Gasteiger charge is -2.40. The smallest absolute Gasteiger partial charge is 0.319 e. The van der Waals surface area contributed by atoms with Crippen molar-refractivity contribution in [3.8, 4) is 0 Å². The van der Waals surface area contributed by atoms with Crippen LogP contribution in [0.15, 0.2) is 24.3 Å². The first-order chi connectivity index (χ1) is 13.4. The van der Waals surface area contributed by atoms with Gasteiger partial charge < -0.3 is 20.9 Å². The van der Waals surface area contributed by atoms with Gasteiger partial charge in [0, 0.05) is 18.8 Å². The Morgan fingerprint density at radius 3 is 2.36 bits per heavy atom. The van der Waals surface area contributed by atoms with Crippen molar-refractivity contribution >= 4 is 23.5 Å². The van der Waals surface area contributed by atoms with Crippen molar-refractivity contribution in [2.75, 3.05) is 25.0 Å². The number of likely N-dealkylation sites (N-methyl/N-ethyl adjacent to an activating group) is 1. The fourth-order valence-corrected chi connectivity index (χ4v) is 3.73. The van der Waals surface area contributed by atoms with E-state index in [0.717, 1.165) is 24.8 Å². The van der Waals surface area contributed by atoms with E-state index in [0.29, 0.717) is 31.6 Å². The summed E-state index contributed by atoms with van der Waals surface area (Å²) >= 11 is 0. The van der Waals surface area contributed by atoms with E-state index in [1.165, 1.54) is 0 Å². The summed E-state index contributed by atoms with van der Waals surface area (Å²) in [5.41, 5.74) is 0.846. The van der Waals surface area contributed by atoms with Crippen LogP contribution in [0.25, 0.3) is 0 Å². The molecule has 1 fully saturated rings. The van der Waals surface area contributed by atoms with E-state index in [4.69, 9.17) is 0 Å². The number of rotatable bonds is 7. The molecule has 0 bridgehead atoms. The van der Waals surface area contributed by atoms with E-state index in [1.54, 1.807) is 11.0 Å². The molecule has 2 rings (SSSR count). The number of nitrogens with zero attached hydrogens (tertiary/aromatic N) is 1. The zero-order valence-corrected chi connectivity index (χ0v) is 17.1. The lowest BCUT2D eigenvalue weighted by molar-refractivity contribution is -0.143. The number of benzene rings is 1. The van der Waals surface area contributed by atoms with Crippen LogP contribution in [-0.2, 0) is 9.59 Å². The molecule has 0 saturated heterocycles. The molecule has 1 aliphatic carbocycles. The number of carbonyl (C=O) groups excluding carboxylic acids is 3. The molecule has 28 heavy (non-hydrogen) atoms. The Kier molecular flexibility index (Phi) is 7.84. The lowest BCUT2D eigenvalue weighted by atomic mass is 9.80. The van der Waals surface area contributed by atoms with Crippen LogP contribution in [0.5, 0.6) is 0 Å². The SMILES string of the molecule is CCN(CC)C(=O)C1(NC(=O)CNC(=O)Nc2cccc(C)c2)CCCCC1. The quantitative estimate of drug-likeness (QED) is 0.671. The van der Waals surface area contributed by atoms with Gasteiger partial charge in [0.15, 0.2) is 0 Å². The first kappa shape index (κ1) is 21.7. The molecule has 4 amide bonds. The van der Waals surface area contributed by atoms with Crippen molar-refractivity contribution < 1.29 is 14.4 Å². The molecule has 0 radical (unpaired) electrons. The molecule has 1 aromatic rings. The van der Waals surface area contributed by atoms with Gasteiger partial charge in [0.25, 0.3) is 0 Å². The molecule has 0 aromatic heterocycles. The molecule has 1 aliphatic rings. The fraction of sp³-hybridized carbons (Fsp3) is 0.571. The lowest BCUT2D eigenvalue weighted by Crippen LogP contribution is -2.61. The van der Waals surface area contributed by atoms with Crippen LogP contribution in [0, 0.1) is 6.92 Å². The topological polar surface area (TPSA) is 90.5 Å². The van der Waals surface area contributed by atoms with Gasteiger partial charge in [-0.1, -0.05) is 31.4 Å². The molecular weight excluding hydrogens is 356 g/mol. The second-order valence-corrected chi connectivity index (χ2v) is 7.35. The molecule has 0 heterocycles. The fourth-order valence-electron chi connectivity index (χ4n) is 3.73. The minimum absolute atomic E-state index is 0.0187. The highest BCUT2D eigenvalue weighted by atomic mass is 16.2. The standard InChI is InChI=1S/C21H32N4O3/c1-4-25(5-2)19(27)21(12-7-6-8-13-21)24-18(26)15-22-20(28)23-17-11-9-10-16(3)14-17/h9-11,14H,4-8,12-13,15H2,1-3H3,(H,24,26)(H2,22,23,28). The number of urea groups is 1. The Morgan fingerprint density at radius 1 is 1.07 bits per heavy atom. The summed E-state index contributed by atoms with van der Waals surface area (Å²) in [5.74, 6) is -0.364. The number of carbonyl (C=O) groups is 3. The molecule has 0 aliphatic heterocycles. The van der Waals surface area contributed by atoms with Gasteiger partial charge in [-0.05, 0) is 51.3 Å². The largest absolute Gasteiger partial charge is 0.341 e. The van der Waals surface area contributed by atoms with Gasteiger partial charge in [-0.25, -0.2) is 4.79 Å². The Balaban J connectivity index is 1.94. The number of amides is 4. The first-order valence-electron chi connectivity index (χ1n) is 10.1. The van der Waals surface area contributed by atoms with Crippen LogP contribution in [-0.4, -0.2) is 47.9 Å². The minimum Gasteiger partial charge on any atom is -0.341 e. The molecule has 3 N–H and O–H groups in total. The van der Waals surface area contributed by atoms with Gasteiger partial charge >= 0.3 is 6.03 Å². The van der Waals surface area contributed by atoms with Crippen LogP contribution in [0.2, 0.25) is 0 Å². The number of hydrogen-bond donors (Lipinski definition) is 3. The first-order valence-corrected chi connectivity index (χ1v) is 10.1. The molecule has 1 aromatic carbocycles. The van der Waals surface area contributed by atoms with Crippen LogP contribution in [0.4, 0.5) is 10.5 Å². The maximum atomic E-state index is 13.0. The minimum atomic E-state index is -0.851. The third-order valence-corrected chi connectivity index (χ3v) is 5.23. The highest BCUT2D eigenvalue weighted by Gasteiger charge is 2.42. The van der Waals surface area contributed by atoms with Gasteiger partial charge in [0.2, 0.25) is 11.8 Å². The zero-order valence-electron chi connectivity index (χ0n) is 17.1. The van der Waals surface area contributed by atoms with Gasteiger partial charge in [0.1, 0.15) is 5.54 Å². The van der Waals surface area contributed by atoms with Gasteiger partial charge in [-0.15, -0.1) is 0 Å². The van der Waals surface area contributed by atoms with Crippen LogP contribution in [0.1, 0.15) is 51.5 Å². The third-order valence-electron chi connectivity index (χ3n) is 5.23. The summed E-state index contributed by atoms with van der Waals surface area (Å²) in [6.07, 6.45) is 4.18. The Bertz CT molecular complexity index is 695. The predicted octanol–water partition coefficient (Wildman–Crippen LogP) is 2.80. The maximum Gasteiger partial charge on any atom is 0.319 e. The average Bonchev–Trinajstić information content (AvgIpc) is 2.68. The van der Waals surface area contributed by atoms with E-state index in [9.17, 15) is 14.4 Å². The van der Waals surface area contributed by atoms with Crippen LogP contribution in [0.3, 0.4) is 0 Å². The van der Waals surface area contributed by atoms with Crippen molar-refractivity contribution in [2.45, 2.75) is 58.4 Å². The highest BCUT2D eigenvalue weighted by Crippen LogP contribution is 2.30. The number of anilines is 1. The summed E-state index contributed by atoms with van der Waals surface area (Å²) in [4.78, 5) is 39.4. The summed E-state index contributed by atoms with van der Waals surface area (Å²) in [7, 11) is 0. The summed E-state index contributed by atoms with van der Waals surface area (Å²) in [6.45, 7) is 6.88. The van der Waals surface area contributed by atoms with Crippen molar-refractivity contribution in [3.63, 3.8) is 0 Å². The summed E-state index contributed by atoms with van der Waals surface area (Å²) in [6, 6.07) is 6.97. The molecule has 0 unspecified atom stereocenters. The molecule has 0 atom stereocenters. The molecular formula is C21H32N4O3. The molecule has 7 nitrogen and oxygen atoms in total. The molecule has 7 heteroatoms. The second kappa shape index (κ2) is 10.1. The van der Waals surface area contributed by atoms with Crippen molar-refractivity contribution in [1.82, 2.24) is 15.5 Å². The Labute approximate surface area is 167 Å². The second-order valence-electron chi connectivity index (χ2n) is 7.35. The summed E-state index contributed by atoms with van der Waals surface area (Å²) in [5, 5.41) is 8.21. The zero-order chi connectivity index (χ0) is 20.6. The van der Waals surface area contributed by atoms with Crippen LogP contribution < -0.4 is 16.0 Å². The monoisotopic (exact) mass is 388 g/mol. The van der Waals surface area contributed by atoms with E-state index < -0.39 is 11.6 Å². The van der Waals surface area contributed by atoms with Gasteiger partial charge in [-0.2, -0.15) is 0 Å². The maximum absolute atomic E-state index is 13.0. The van der Waals surface area contributed by atoms with E-state index in [-0.39, 0.29) is 18.4 Å². The van der Waals surface area contributed by atoms with Gasteiger partial charge in [0.05, 0.1) is 6.54 Å². The molecule has 1 saturated carbocycles. The number of hydrogen-bond acceptors (Lipinski definition) is 3. The Hall–Kier alpha value is -2.57. The third kappa shape index (κ3) is 5.71. The number of nitrogens with one attached hydrogen (secondary N) is 3. The van der Waals surface area contributed by atoms with Crippen molar-refractivity contribution in [1.29, 1.82) is 0 Å². The molecule has 0 spiro atoms. The van der Waals surface area contributed by atoms with E-state index in [1.807, 2.05) is 39.0 Å². The van der Waals surface area contributed by atoms with E-state index in [2.05, 4.69) is 16.0 Å². The average molecular weight is 389 g/mol. The van der Waals surface area contributed by atoms with Crippen molar-refractivity contribution in [3.05, 3.63) is 29.8 Å².